The maximum absolute atomic E-state index is 9.95. The van der Waals surface area contributed by atoms with Gasteiger partial charge in [-0.1, -0.05) is 17.7 Å². The summed E-state index contributed by atoms with van der Waals surface area (Å²) in [6, 6.07) is 5.95. The van der Waals surface area contributed by atoms with E-state index in [9.17, 15) is 5.11 Å². The van der Waals surface area contributed by atoms with Crippen molar-refractivity contribution in [3.8, 4) is 5.75 Å². The molecule has 1 saturated carbocycles. The first-order chi connectivity index (χ1) is 7.70. The number of aliphatic hydroxyl groups excluding tert-OH is 1. The van der Waals surface area contributed by atoms with Gasteiger partial charge in [-0.25, -0.2) is 0 Å². The summed E-state index contributed by atoms with van der Waals surface area (Å²) in [6.45, 7) is 0.579. The van der Waals surface area contributed by atoms with Crippen molar-refractivity contribution in [3.63, 3.8) is 0 Å². The van der Waals surface area contributed by atoms with E-state index in [0.29, 0.717) is 23.4 Å². The molecule has 1 atom stereocenters. The van der Waals surface area contributed by atoms with Crippen molar-refractivity contribution < 1.29 is 9.84 Å². The number of hydrogen-bond acceptors (Lipinski definition) is 3. The van der Waals surface area contributed by atoms with Crippen LogP contribution in [0.15, 0.2) is 18.2 Å². The maximum atomic E-state index is 9.95. The van der Waals surface area contributed by atoms with Gasteiger partial charge in [0.1, 0.15) is 5.75 Å². The van der Waals surface area contributed by atoms with Crippen LogP contribution < -0.4 is 10.1 Å². The molecule has 0 heterocycles. The van der Waals surface area contributed by atoms with Gasteiger partial charge in [-0.15, -0.1) is 0 Å². The Morgan fingerprint density at radius 3 is 2.94 bits per heavy atom. The molecule has 16 heavy (non-hydrogen) atoms. The van der Waals surface area contributed by atoms with Gasteiger partial charge in [-0.2, -0.15) is 0 Å². The molecular weight excluding hydrogens is 226 g/mol. The minimum atomic E-state index is -0.508. The molecule has 1 unspecified atom stereocenters. The molecule has 0 spiro atoms. The Labute approximate surface area is 100 Å². The molecule has 0 bridgehead atoms. The summed E-state index contributed by atoms with van der Waals surface area (Å²) >= 11 is 5.92. The van der Waals surface area contributed by atoms with Crippen molar-refractivity contribution in [3.05, 3.63) is 28.8 Å². The van der Waals surface area contributed by atoms with Crippen molar-refractivity contribution in [1.29, 1.82) is 0 Å². The van der Waals surface area contributed by atoms with Gasteiger partial charge < -0.3 is 15.2 Å². The van der Waals surface area contributed by atoms with Gasteiger partial charge in [0, 0.05) is 12.6 Å². The highest BCUT2D eigenvalue weighted by Gasteiger charge is 2.21. The number of nitrogens with one attached hydrogen (secondary N) is 1. The molecule has 1 aliphatic rings. The van der Waals surface area contributed by atoms with Crippen LogP contribution in [0.3, 0.4) is 0 Å². The molecule has 0 aliphatic heterocycles. The molecule has 0 radical (unpaired) electrons. The third-order valence-corrected chi connectivity index (χ3v) is 3.05. The third kappa shape index (κ3) is 2.88. The zero-order valence-electron chi connectivity index (χ0n) is 9.24. The molecule has 0 aromatic heterocycles. The number of halogens is 1. The summed E-state index contributed by atoms with van der Waals surface area (Å²) in [5, 5.41) is 13.8. The summed E-state index contributed by atoms with van der Waals surface area (Å²) in [5.41, 5.74) is 0.828. The van der Waals surface area contributed by atoms with Crippen LogP contribution >= 0.6 is 11.6 Å². The molecule has 1 aliphatic carbocycles. The highest BCUT2D eigenvalue weighted by atomic mass is 35.5. The number of ether oxygens (including phenoxy) is 1. The monoisotopic (exact) mass is 241 g/mol. The molecule has 88 valence electrons. The number of rotatable bonds is 5. The summed E-state index contributed by atoms with van der Waals surface area (Å²) in [5.74, 6) is 0.602. The molecule has 2 rings (SSSR count). The van der Waals surface area contributed by atoms with Gasteiger partial charge >= 0.3 is 0 Å². The Morgan fingerprint density at radius 2 is 2.31 bits per heavy atom. The molecule has 0 saturated heterocycles. The Morgan fingerprint density at radius 1 is 1.56 bits per heavy atom. The minimum Gasteiger partial charge on any atom is -0.495 e. The van der Waals surface area contributed by atoms with Gasteiger partial charge in [-0.3, -0.25) is 0 Å². The SMILES string of the molecule is COc1cc(C(O)CNC2CC2)ccc1Cl. The second kappa shape index (κ2) is 5.04. The van der Waals surface area contributed by atoms with E-state index in [0.717, 1.165) is 5.56 Å². The zero-order valence-corrected chi connectivity index (χ0v) is 10.00. The Balaban J connectivity index is 2.00. The van der Waals surface area contributed by atoms with Crippen molar-refractivity contribution in [2.24, 2.45) is 0 Å². The second-order valence-electron chi connectivity index (χ2n) is 4.09. The van der Waals surface area contributed by atoms with Crippen molar-refractivity contribution >= 4 is 11.6 Å². The Kier molecular flexibility index (Phi) is 3.69. The maximum Gasteiger partial charge on any atom is 0.137 e. The minimum absolute atomic E-state index is 0.508. The van der Waals surface area contributed by atoms with Crippen LogP contribution in [-0.4, -0.2) is 24.8 Å². The predicted molar refractivity (Wildman–Crippen MR) is 64.0 cm³/mol. The molecule has 2 N–H and O–H groups in total. The molecule has 1 aromatic rings. The van der Waals surface area contributed by atoms with Crippen LogP contribution in [-0.2, 0) is 0 Å². The predicted octanol–water partition coefficient (Wildman–Crippen LogP) is 2.13. The molecular formula is C12H16ClNO2. The van der Waals surface area contributed by atoms with E-state index in [1.54, 1.807) is 19.2 Å². The number of hydrogen-bond donors (Lipinski definition) is 2. The largest absolute Gasteiger partial charge is 0.495 e. The summed E-state index contributed by atoms with van der Waals surface area (Å²) < 4.78 is 5.11. The highest BCUT2D eigenvalue weighted by molar-refractivity contribution is 6.32. The van der Waals surface area contributed by atoms with E-state index >= 15 is 0 Å². The zero-order chi connectivity index (χ0) is 11.5. The fourth-order valence-corrected chi connectivity index (χ4v) is 1.76. The molecule has 4 heteroatoms. The van der Waals surface area contributed by atoms with Crippen molar-refractivity contribution in [2.75, 3.05) is 13.7 Å². The van der Waals surface area contributed by atoms with Crippen LogP contribution in [0.5, 0.6) is 5.75 Å². The normalized spacial score (nSPS) is 17.2. The fourth-order valence-electron chi connectivity index (χ4n) is 1.57. The highest BCUT2D eigenvalue weighted by Crippen LogP contribution is 2.28. The van der Waals surface area contributed by atoms with E-state index in [4.69, 9.17) is 16.3 Å². The lowest BCUT2D eigenvalue weighted by molar-refractivity contribution is 0.174. The number of benzene rings is 1. The van der Waals surface area contributed by atoms with Gasteiger partial charge in [0.25, 0.3) is 0 Å². The topological polar surface area (TPSA) is 41.5 Å². The Bertz CT molecular complexity index is 366. The van der Waals surface area contributed by atoms with Gasteiger partial charge in [0.05, 0.1) is 18.2 Å². The first-order valence-electron chi connectivity index (χ1n) is 5.45. The van der Waals surface area contributed by atoms with Crippen LogP contribution in [0.1, 0.15) is 24.5 Å². The van der Waals surface area contributed by atoms with Crippen molar-refractivity contribution in [1.82, 2.24) is 5.32 Å². The van der Waals surface area contributed by atoms with E-state index in [1.807, 2.05) is 6.07 Å². The summed E-state index contributed by atoms with van der Waals surface area (Å²) in [4.78, 5) is 0. The average Bonchev–Trinajstić information content (AvgIpc) is 3.10. The van der Waals surface area contributed by atoms with Crippen LogP contribution in [0.4, 0.5) is 0 Å². The number of aliphatic hydroxyl groups is 1. The smallest absolute Gasteiger partial charge is 0.137 e. The van der Waals surface area contributed by atoms with Gasteiger partial charge in [-0.05, 0) is 30.5 Å². The second-order valence-corrected chi connectivity index (χ2v) is 4.50. The third-order valence-electron chi connectivity index (χ3n) is 2.74. The quantitative estimate of drug-likeness (QED) is 0.830. The molecule has 3 nitrogen and oxygen atoms in total. The van der Waals surface area contributed by atoms with Gasteiger partial charge in [0.2, 0.25) is 0 Å². The van der Waals surface area contributed by atoms with Crippen LogP contribution in [0, 0.1) is 0 Å². The lowest BCUT2D eigenvalue weighted by Gasteiger charge is -2.13. The first kappa shape index (κ1) is 11.7. The van der Waals surface area contributed by atoms with E-state index in [-0.39, 0.29) is 0 Å². The standard InChI is InChI=1S/C12H16ClNO2/c1-16-12-6-8(2-5-10(12)13)11(15)7-14-9-3-4-9/h2,5-6,9,11,14-15H,3-4,7H2,1H3. The first-order valence-corrected chi connectivity index (χ1v) is 5.83. The van der Waals surface area contributed by atoms with E-state index < -0.39 is 6.10 Å². The average molecular weight is 242 g/mol. The van der Waals surface area contributed by atoms with Crippen LogP contribution in [0.25, 0.3) is 0 Å². The molecule has 0 amide bonds. The molecule has 1 aromatic carbocycles. The lowest BCUT2D eigenvalue weighted by atomic mass is 10.1. The fraction of sp³-hybridized carbons (Fsp3) is 0.500. The molecule has 1 fully saturated rings. The Hall–Kier alpha value is -0.770. The van der Waals surface area contributed by atoms with Gasteiger partial charge in [0.15, 0.2) is 0 Å². The van der Waals surface area contributed by atoms with E-state index in [1.165, 1.54) is 12.8 Å². The van der Waals surface area contributed by atoms with Crippen molar-refractivity contribution in [2.45, 2.75) is 25.0 Å². The number of methoxy groups -OCH3 is 1. The van der Waals surface area contributed by atoms with E-state index in [2.05, 4.69) is 5.32 Å². The lowest BCUT2D eigenvalue weighted by Crippen LogP contribution is -2.23. The van der Waals surface area contributed by atoms with Crippen LogP contribution in [0.2, 0.25) is 5.02 Å². The summed E-state index contributed by atoms with van der Waals surface area (Å²) in [6.07, 6.45) is 1.93. The summed E-state index contributed by atoms with van der Waals surface area (Å²) in [7, 11) is 1.57.